The van der Waals surface area contributed by atoms with Crippen molar-refractivity contribution in [3.63, 3.8) is 0 Å². The lowest BCUT2D eigenvalue weighted by Gasteiger charge is -2.07. The molecule has 0 aliphatic heterocycles. The Morgan fingerprint density at radius 1 is 1.56 bits per heavy atom. The third-order valence-corrected chi connectivity index (χ3v) is 2.59. The van der Waals surface area contributed by atoms with E-state index in [4.69, 9.17) is 5.11 Å². The van der Waals surface area contributed by atoms with Crippen LogP contribution in [0.3, 0.4) is 0 Å². The van der Waals surface area contributed by atoms with Gasteiger partial charge in [-0.25, -0.2) is 0 Å². The Morgan fingerprint density at radius 2 is 2.19 bits per heavy atom. The van der Waals surface area contributed by atoms with Gasteiger partial charge in [0, 0.05) is 24.8 Å². The molecule has 16 heavy (non-hydrogen) atoms. The summed E-state index contributed by atoms with van der Waals surface area (Å²) >= 11 is 0. The predicted octanol–water partition coefficient (Wildman–Crippen LogP) is 0.0764. The maximum Gasteiger partial charge on any atom is 0.224 e. The van der Waals surface area contributed by atoms with Crippen LogP contribution in [0.2, 0.25) is 0 Å². The molecule has 0 spiro atoms. The Balaban J connectivity index is 2.63. The Hall–Kier alpha value is -1.36. The van der Waals surface area contributed by atoms with Gasteiger partial charge in [0.05, 0.1) is 18.2 Å². The van der Waals surface area contributed by atoms with Crippen LogP contribution in [-0.2, 0) is 18.3 Å². The molecule has 0 unspecified atom stereocenters. The van der Waals surface area contributed by atoms with Crippen molar-refractivity contribution >= 4 is 5.91 Å². The Morgan fingerprint density at radius 3 is 2.62 bits per heavy atom. The lowest BCUT2D eigenvalue weighted by Crippen LogP contribution is -2.31. The topological polar surface area (TPSA) is 67.2 Å². The molecule has 1 atom stereocenters. The summed E-state index contributed by atoms with van der Waals surface area (Å²) in [6.07, 6.45) is -0.196. The van der Waals surface area contributed by atoms with Gasteiger partial charge in [-0.1, -0.05) is 0 Å². The third-order valence-electron chi connectivity index (χ3n) is 2.59. The van der Waals surface area contributed by atoms with Gasteiger partial charge in [-0.15, -0.1) is 0 Å². The molecular weight excluding hydrogens is 206 g/mol. The van der Waals surface area contributed by atoms with Crippen LogP contribution in [0.25, 0.3) is 0 Å². The molecule has 1 rings (SSSR count). The number of carbonyl (C=O) groups is 1. The number of carbonyl (C=O) groups excluding carboxylic acids is 1. The number of aromatic nitrogens is 2. The number of hydrogen-bond acceptors (Lipinski definition) is 3. The molecule has 1 heterocycles. The lowest BCUT2D eigenvalue weighted by atomic mass is 10.1. The SMILES string of the molecule is Cc1nn(C)c(C)c1CC(=O)NC[C@@H](C)O. The average Bonchev–Trinajstić information content (AvgIpc) is 2.42. The van der Waals surface area contributed by atoms with Crippen molar-refractivity contribution in [3.05, 3.63) is 17.0 Å². The van der Waals surface area contributed by atoms with Crippen LogP contribution in [-0.4, -0.2) is 33.4 Å². The highest BCUT2D eigenvalue weighted by Crippen LogP contribution is 2.12. The summed E-state index contributed by atoms with van der Waals surface area (Å²) in [7, 11) is 1.86. The fourth-order valence-electron chi connectivity index (χ4n) is 1.56. The summed E-state index contributed by atoms with van der Waals surface area (Å²) < 4.78 is 1.77. The van der Waals surface area contributed by atoms with Gasteiger partial charge in [0.2, 0.25) is 5.91 Å². The maximum absolute atomic E-state index is 11.6. The quantitative estimate of drug-likeness (QED) is 0.762. The van der Waals surface area contributed by atoms with Gasteiger partial charge >= 0.3 is 0 Å². The number of aryl methyl sites for hydroxylation is 2. The fraction of sp³-hybridized carbons (Fsp3) is 0.636. The summed E-state index contributed by atoms with van der Waals surface area (Å²) in [6, 6.07) is 0. The largest absolute Gasteiger partial charge is 0.392 e. The molecule has 0 saturated carbocycles. The molecule has 0 radical (unpaired) electrons. The van der Waals surface area contributed by atoms with E-state index in [0.29, 0.717) is 6.42 Å². The van der Waals surface area contributed by atoms with E-state index in [1.54, 1.807) is 11.6 Å². The molecule has 5 heteroatoms. The van der Waals surface area contributed by atoms with Crippen LogP contribution in [0.15, 0.2) is 0 Å². The minimum atomic E-state index is -0.514. The van der Waals surface area contributed by atoms with Crippen molar-refractivity contribution in [3.8, 4) is 0 Å². The number of aliphatic hydroxyl groups is 1. The lowest BCUT2D eigenvalue weighted by molar-refractivity contribution is -0.120. The van der Waals surface area contributed by atoms with Crippen molar-refractivity contribution < 1.29 is 9.90 Å². The van der Waals surface area contributed by atoms with Crippen molar-refractivity contribution in [2.75, 3.05) is 6.54 Å². The number of nitrogens with one attached hydrogen (secondary N) is 1. The van der Waals surface area contributed by atoms with Crippen LogP contribution in [0, 0.1) is 13.8 Å². The van der Waals surface area contributed by atoms with Crippen LogP contribution in [0.4, 0.5) is 0 Å². The van der Waals surface area contributed by atoms with Crippen molar-refractivity contribution in [1.29, 1.82) is 0 Å². The molecule has 0 aliphatic rings. The second-order valence-electron chi connectivity index (χ2n) is 4.10. The molecule has 5 nitrogen and oxygen atoms in total. The van der Waals surface area contributed by atoms with Crippen LogP contribution >= 0.6 is 0 Å². The Kier molecular flexibility index (Phi) is 4.06. The maximum atomic E-state index is 11.6. The van der Waals surface area contributed by atoms with Gasteiger partial charge in [-0.3, -0.25) is 9.48 Å². The first-order valence-corrected chi connectivity index (χ1v) is 5.35. The van der Waals surface area contributed by atoms with Gasteiger partial charge < -0.3 is 10.4 Å². The minimum absolute atomic E-state index is 0.0832. The molecule has 2 N–H and O–H groups in total. The molecule has 0 saturated heterocycles. The van der Waals surface area contributed by atoms with Gasteiger partial charge in [0.25, 0.3) is 0 Å². The first-order valence-electron chi connectivity index (χ1n) is 5.35. The van der Waals surface area contributed by atoms with Crippen molar-refractivity contribution in [2.24, 2.45) is 7.05 Å². The normalized spacial score (nSPS) is 12.6. The second kappa shape index (κ2) is 5.12. The molecule has 90 valence electrons. The van der Waals surface area contributed by atoms with Crippen LogP contribution in [0.5, 0.6) is 0 Å². The number of rotatable bonds is 4. The van der Waals surface area contributed by atoms with E-state index >= 15 is 0 Å². The van der Waals surface area contributed by atoms with Gasteiger partial charge in [0.15, 0.2) is 0 Å². The Bertz CT molecular complexity index is 383. The summed E-state index contributed by atoms with van der Waals surface area (Å²) in [5, 5.41) is 16.0. The summed E-state index contributed by atoms with van der Waals surface area (Å²) in [5.74, 6) is -0.0832. The standard InChI is InChI=1S/C11H19N3O2/c1-7(15)6-12-11(16)5-10-8(2)13-14(4)9(10)3/h7,15H,5-6H2,1-4H3,(H,12,16)/t7-/m1/s1. The molecule has 0 aliphatic carbocycles. The van der Waals surface area contributed by atoms with Gasteiger partial charge in [0.1, 0.15) is 0 Å². The zero-order valence-corrected chi connectivity index (χ0v) is 10.2. The van der Waals surface area contributed by atoms with E-state index in [0.717, 1.165) is 17.0 Å². The van der Waals surface area contributed by atoms with Crippen LogP contribution in [0.1, 0.15) is 23.9 Å². The summed E-state index contributed by atoms with van der Waals surface area (Å²) in [4.78, 5) is 11.6. The molecule has 0 bridgehead atoms. The highest BCUT2D eigenvalue weighted by atomic mass is 16.3. The molecule has 1 aromatic heterocycles. The number of hydrogen-bond donors (Lipinski definition) is 2. The Labute approximate surface area is 95.5 Å². The van der Waals surface area contributed by atoms with E-state index < -0.39 is 6.10 Å². The summed E-state index contributed by atoms with van der Waals surface area (Å²) in [5.41, 5.74) is 2.85. The number of aliphatic hydroxyl groups excluding tert-OH is 1. The number of amides is 1. The van der Waals surface area contributed by atoms with Crippen molar-refractivity contribution in [2.45, 2.75) is 33.3 Å². The number of nitrogens with zero attached hydrogens (tertiary/aromatic N) is 2. The van der Waals surface area contributed by atoms with Gasteiger partial charge in [-0.2, -0.15) is 5.10 Å². The molecule has 1 amide bonds. The van der Waals surface area contributed by atoms with Gasteiger partial charge in [-0.05, 0) is 20.8 Å². The summed E-state index contributed by atoms with van der Waals surface area (Å²) in [6.45, 7) is 5.76. The molecule has 0 fully saturated rings. The smallest absolute Gasteiger partial charge is 0.224 e. The van der Waals surface area contributed by atoms with E-state index in [-0.39, 0.29) is 12.5 Å². The molecule has 0 aromatic carbocycles. The van der Waals surface area contributed by atoms with E-state index in [9.17, 15) is 4.79 Å². The molecular formula is C11H19N3O2. The van der Waals surface area contributed by atoms with E-state index in [2.05, 4.69) is 10.4 Å². The van der Waals surface area contributed by atoms with Crippen LogP contribution < -0.4 is 5.32 Å². The highest BCUT2D eigenvalue weighted by molar-refractivity contribution is 5.79. The average molecular weight is 225 g/mol. The van der Waals surface area contributed by atoms with E-state index in [1.807, 2.05) is 20.9 Å². The zero-order valence-electron chi connectivity index (χ0n) is 10.2. The second-order valence-corrected chi connectivity index (χ2v) is 4.10. The zero-order chi connectivity index (χ0) is 12.3. The predicted molar refractivity (Wildman–Crippen MR) is 61.1 cm³/mol. The fourth-order valence-corrected chi connectivity index (χ4v) is 1.56. The minimum Gasteiger partial charge on any atom is -0.392 e. The third kappa shape index (κ3) is 3.06. The first kappa shape index (κ1) is 12.7. The highest BCUT2D eigenvalue weighted by Gasteiger charge is 2.13. The first-order chi connectivity index (χ1) is 7.41. The molecule has 1 aromatic rings. The van der Waals surface area contributed by atoms with E-state index in [1.165, 1.54) is 0 Å². The monoisotopic (exact) mass is 225 g/mol. The van der Waals surface area contributed by atoms with Crippen molar-refractivity contribution in [1.82, 2.24) is 15.1 Å².